The minimum Gasteiger partial charge on any atom is -0.459 e. The number of alkyl halides is 3. The van der Waals surface area contributed by atoms with Gasteiger partial charge in [-0.05, 0) is 19.8 Å². The Morgan fingerprint density at radius 2 is 1.68 bits per heavy atom. The molecule has 0 radical (unpaired) electrons. The summed E-state index contributed by atoms with van der Waals surface area (Å²) >= 11 is 0. The molecule has 0 bridgehead atoms. The summed E-state index contributed by atoms with van der Waals surface area (Å²) in [6.07, 6.45) is 1.92. The first-order valence-corrected chi connectivity index (χ1v) is 6.76. The van der Waals surface area contributed by atoms with E-state index in [0.717, 1.165) is 19.3 Å². The van der Waals surface area contributed by atoms with Crippen LogP contribution >= 0.6 is 0 Å². The van der Waals surface area contributed by atoms with Crippen LogP contribution in [-0.4, -0.2) is 18.2 Å². The number of ether oxygens (including phenoxy) is 1. The van der Waals surface area contributed by atoms with E-state index in [-0.39, 0.29) is 0 Å². The third-order valence-electron chi connectivity index (χ3n) is 2.86. The van der Waals surface area contributed by atoms with E-state index in [4.69, 9.17) is 4.74 Å². The van der Waals surface area contributed by atoms with Gasteiger partial charge in [-0.1, -0.05) is 45.6 Å². The molecule has 0 heterocycles. The average molecular weight is 280 g/mol. The van der Waals surface area contributed by atoms with Crippen molar-refractivity contribution in [2.45, 2.75) is 71.1 Å². The van der Waals surface area contributed by atoms with E-state index in [0.29, 0.717) is 6.42 Å². The summed E-state index contributed by atoms with van der Waals surface area (Å²) in [6.45, 7) is 6.45. The molecule has 0 aliphatic heterocycles. The third-order valence-corrected chi connectivity index (χ3v) is 2.86. The molecule has 5 heteroatoms. The lowest BCUT2D eigenvalue weighted by atomic mass is 10.1. The molecule has 0 aromatic carbocycles. The topological polar surface area (TPSA) is 26.3 Å². The van der Waals surface area contributed by atoms with Crippen LogP contribution in [0.5, 0.6) is 0 Å². The van der Waals surface area contributed by atoms with Crippen molar-refractivity contribution in [2.24, 2.45) is 0 Å². The minimum atomic E-state index is -4.71. The van der Waals surface area contributed by atoms with Crippen LogP contribution < -0.4 is 0 Å². The van der Waals surface area contributed by atoms with E-state index in [1.165, 1.54) is 19.3 Å². The van der Waals surface area contributed by atoms with E-state index in [1.807, 2.05) is 0 Å². The summed E-state index contributed by atoms with van der Waals surface area (Å²) in [6, 6.07) is 0. The summed E-state index contributed by atoms with van der Waals surface area (Å²) in [4.78, 5) is 11.1. The number of halogens is 3. The van der Waals surface area contributed by atoms with Crippen molar-refractivity contribution >= 4 is 5.97 Å². The number of unbranched alkanes of at least 4 members (excludes halogenated alkanes) is 5. The molecule has 0 aliphatic rings. The second-order valence-corrected chi connectivity index (χ2v) is 4.75. The minimum absolute atomic E-state index is 0.502. The van der Waals surface area contributed by atoms with E-state index < -0.39 is 23.8 Å². The Morgan fingerprint density at radius 3 is 2.21 bits per heavy atom. The molecular formula is C14H23F3O2. The Bertz CT molecular complexity index is 285. The van der Waals surface area contributed by atoms with Crippen LogP contribution in [0.3, 0.4) is 0 Å². The Labute approximate surface area is 113 Å². The van der Waals surface area contributed by atoms with E-state index in [2.05, 4.69) is 13.5 Å². The molecule has 19 heavy (non-hydrogen) atoms. The SMILES string of the molecule is C=C(C(=O)OC(C)CCCCCCCC)C(F)(F)F. The maximum atomic E-state index is 12.2. The van der Waals surface area contributed by atoms with Gasteiger partial charge in [-0.25, -0.2) is 4.79 Å². The van der Waals surface area contributed by atoms with Crippen molar-refractivity contribution in [3.63, 3.8) is 0 Å². The molecule has 0 N–H and O–H groups in total. The number of rotatable bonds is 9. The molecular weight excluding hydrogens is 257 g/mol. The molecule has 1 atom stereocenters. The van der Waals surface area contributed by atoms with Gasteiger partial charge in [0.15, 0.2) is 0 Å². The van der Waals surface area contributed by atoms with Crippen molar-refractivity contribution in [3.8, 4) is 0 Å². The smallest absolute Gasteiger partial charge is 0.422 e. The highest BCUT2D eigenvalue weighted by atomic mass is 19.4. The maximum Gasteiger partial charge on any atom is 0.422 e. The van der Waals surface area contributed by atoms with Gasteiger partial charge in [-0.15, -0.1) is 0 Å². The number of carbonyl (C=O) groups excluding carboxylic acids is 1. The Hall–Kier alpha value is -1.00. The first kappa shape index (κ1) is 18.0. The largest absolute Gasteiger partial charge is 0.459 e. The summed E-state index contributed by atoms with van der Waals surface area (Å²) < 4.78 is 41.2. The number of esters is 1. The van der Waals surface area contributed by atoms with E-state index in [9.17, 15) is 18.0 Å². The first-order valence-electron chi connectivity index (χ1n) is 6.76. The number of hydrogen-bond donors (Lipinski definition) is 0. The molecule has 0 rings (SSSR count). The predicted molar refractivity (Wildman–Crippen MR) is 68.7 cm³/mol. The van der Waals surface area contributed by atoms with Crippen molar-refractivity contribution in [3.05, 3.63) is 12.2 Å². The van der Waals surface area contributed by atoms with Crippen LogP contribution in [0, 0.1) is 0 Å². The molecule has 0 aromatic rings. The average Bonchev–Trinajstić information content (AvgIpc) is 2.31. The van der Waals surface area contributed by atoms with Crippen molar-refractivity contribution in [1.82, 2.24) is 0 Å². The molecule has 112 valence electrons. The summed E-state index contributed by atoms with van der Waals surface area (Å²) in [7, 11) is 0. The predicted octanol–water partition coefficient (Wildman–Crippen LogP) is 4.79. The maximum absolute atomic E-state index is 12.2. The summed E-state index contributed by atoms with van der Waals surface area (Å²) in [5.41, 5.74) is -1.44. The van der Waals surface area contributed by atoms with Crippen molar-refractivity contribution in [1.29, 1.82) is 0 Å². The molecule has 0 saturated heterocycles. The Morgan fingerprint density at radius 1 is 1.16 bits per heavy atom. The standard InChI is InChI=1S/C14H23F3O2/c1-4-5-6-7-8-9-10-11(2)19-13(18)12(3)14(15,16)17/h11H,3-10H2,1-2H3. The molecule has 0 aliphatic carbocycles. The second-order valence-electron chi connectivity index (χ2n) is 4.75. The molecule has 0 amide bonds. The molecule has 0 fully saturated rings. The van der Waals surface area contributed by atoms with Gasteiger partial charge in [-0.2, -0.15) is 13.2 Å². The van der Waals surface area contributed by atoms with Gasteiger partial charge < -0.3 is 4.74 Å². The van der Waals surface area contributed by atoms with E-state index >= 15 is 0 Å². The lowest BCUT2D eigenvalue weighted by Crippen LogP contribution is -2.24. The van der Waals surface area contributed by atoms with E-state index in [1.54, 1.807) is 6.92 Å². The Balaban J connectivity index is 3.77. The van der Waals surface area contributed by atoms with Gasteiger partial charge in [0, 0.05) is 0 Å². The molecule has 0 spiro atoms. The third kappa shape index (κ3) is 8.67. The van der Waals surface area contributed by atoms with Gasteiger partial charge in [0.05, 0.1) is 6.10 Å². The van der Waals surface area contributed by atoms with Gasteiger partial charge in [0.25, 0.3) is 0 Å². The molecule has 0 saturated carbocycles. The summed E-state index contributed by atoms with van der Waals surface area (Å²) in [5.74, 6) is -1.37. The van der Waals surface area contributed by atoms with Crippen LogP contribution in [0.25, 0.3) is 0 Å². The van der Waals surface area contributed by atoms with Gasteiger partial charge in [-0.3, -0.25) is 0 Å². The van der Waals surface area contributed by atoms with Crippen LogP contribution in [0.4, 0.5) is 13.2 Å². The zero-order chi connectivity index (χ0) is 14.9. The monoisotopic (exact) mass is 280 g/mol. The van der Waals surface area contributed by atoms with Crippen molar-refractivity contribution in [2.75, 3.05) is 0 Å². The highest BCUT2D eigenvalue weighted by Gasteiger charge is 2.38. The van der Waals surface area contributed by atoms with Crippen LogP contribution in [-0.2, 0) is 9.53 Å². The summed E-state index contributed by atoms with van der Waals surface area (Å²) in [5, 5.41) is 0. The lowest BCUT2D eigenvalue weighted by Gasteiger charge is -2.15. The first-order chi connectivity index (χ1) is 8.79. The molecule has 0 aromatic heterocycles. The molecule has 2 nitrogen and oxygen atoms in total. The fraction of sp³-hybridized carbons (Fsp3) is 0.786. The number of hydrogen-bond acceptors (Lipinski definition) is 2. The van der Waals surface area contributed by atoms with Gasteiger partial charge in [0.2, 0.25) is 0 Å². The van der Waals surface area contributed by atoms with Crippen LogP contribution in [0.15, 0.2) is 12.2 Å². The highest BCUT2D eigenvalue weighted by Crippen LogP contribution is 2.25. The number of carbonyl (C=O) groups is 1. The van der Waals surface area contributed by atoms with Crippen LogP contribution in [0.2, 0.25) is 0 Å². The Kier molecular flexibility index (Phi) is 8.52. The fourth-order valence-electron chi connectivity index (χ4n) is 1.64. The fourth-order valence-corrected chi connectivity index (χ4v) is 1.64. The zero-order valence-corrected chi connectivity index (χ0v) is 11.7. The normalized spacial score (nSPS) is 13.1. The van der Waals surface area contributed by atoms with Gasteiger partial charge >= 0.3 is 12.1 Å². The molecule has 1 unspecified atom stereocenters. The highest BCUT2D eigenvalue weighted by molar-refractivity contribution is 5.89. The van der Waals surface area contributed by atoms with Crippen molar-refractivity contribution < 1.29 is 22.7 Å². The quantitative estimate of drug-likeness (QED) is 0.345. The zero-order valence-electron chi connectivity index (χ0n) is 11.7. The second kappa shape index (κ2) is 8.99. The van der Waals surface area contributed by atoms with Crippen LogP contribution in [0.1, 0.15) is 58.8 Å². The van der Waals surface area contributed by atoms with Gasteiger partial charge in [0.1, 0.15) is 5.57 Å². The lowest BCUT2D eigenvalue weighted by molar-refractivity contribution is -0.154.